The Morgan fingerprint density at radius 3 is 1.19 bits per heavy atom. The van der Waals surface area contributed by atoms with Gasteiger partial charge in [-0.15, -0.1) is 0 Å². The number of nitrogens with zero attached hydrogens (tertiary/aromatic N) is 1. The number of unbranched alkanes of at least 4 members (excludes halogenated alkanes) is 28. The molecule has 1 fully saturated rings. The SMILES string of the molecule is CCCCCCCCCCCCCCCCCC(=O)NC(C)C1(C(=O)CCCCCCCCCCCCCCCCC)NCCN1C. The summed E-state index contributed by atoms with van der Waals surface area (Å²) >= 11 is 0. The first-order chi connectivity index (χ1) is 23.0. The fourth-order valence-corrected chi connectivity index (χ4v) is 7.68. The van der Waals surface area contributed by atoms with Gasteiger partial charge in [-0.1, -0.05) is 194 Å². The summed E-state index contributed by atoms with van der Waals surface area (Å²) in [5.74, 6) is 0.334. The van der Waals surface area contributed by atoms with E-state index in [1.807, 2.05) is 14.0 Å². The van der Waals surface area contributed by atoms with E-state index in [0.29, 0.717) is 12.8 Å². The van der Waals surface area contributed by atoms with Crippen molar-refractivity contribution in [2.24, 2.45) is 0 Å². The Labute approximate surface area is 294 Å². The number of hydrogen-bond acceptors (Lipinski definition) is 4. The second-order valence-corrected chi connectivity index (χ2v) is 15.2. The lowest BCUT2D eigenvalue weighted by molar-refractivity contribution is -0.133. The maximum atomic E-state index is 13.6. The Kier molecular flexibility index (Phi) is 29.1. The number of carbonyl (C=O) groups excluding carboxylic acids is 2. The predicted molar refractivity (Wildman–Crippen MR) is 205 cm³/mol. The van der Waals surface area contributed by atoms with Gasteiger partial charge in [0.2, 0.25) is 5.91 Å². The van der Waals surface area contributed by atoms with Crippen LogP contribution in [0.1, 0.15) is 226 Å². The highest BCUT2D eigenvalue weighted by molar-refractivity contribution is 5.90. The zero-order valence-corrected chi connectivity index (χ0v) is 32.4. The number of likely N-dealkylation sites (N-methyl/N-ethyl adjacent to an activating group) is 1. The van der Waals surface area contributed by atoms with Crippen molar-refractivity contribution in [2.45, 2.75) is 238 Å². The third kappa shape index (κ3) is 21.7. The van der Waals surface area contributed by atoms with Crippen LogP contribution in [0.4, 0.5) is 0 Å². The zero-order valence-electron chi connectivity index (χ0n) is 32.4. The van der Waals surface area contributed by atoms with E-state index in [2.05, 4.69) is 29.4 Å². The summed E-state index contributed by atoms with van der Waals surface area (Å²) in [4.78, 5) is 28.6. The second kappa shape index (κ2) is 31.1. The molecule has 2 atom stereocenters. The molecule has 1 amide bonds. The highest BCUT2D eigenvalue weighted by atomic mass is 16.2. The smallest absolute Gasteiger partial charge is 0.220 e. The molecule has 0 spiro atoms. The molecule has 47 heavy (non-hydrogen) atoms. The topological polar surface area (TPSA) is 61.4 Å². The molecule has 0 aliphatic carbocycles. The van der Waals surface area contributed by atoms with Crippen LogP contribution in [0, 0.1) is 0 Å². The molecule has 0 aromatic carbocycles. The Hall–Kier alpha value is -0.940. The van der Waals surface area contributed by atoms with Gasteiger partial charge in [-0.25, -0.2) is 0 Å². The van der Waals surface area contributed by atoms with Crippen LogP contribution in [0.3, 0.4) is 0 Å². The van der Waals surface area contributed by atoms with E-state index in [9.17, 15) is 9.59 Å². The summed E-state index contributed by atoms with van der Waals surface area (Å²) in [6, 6.07) is -0.234. The van der Waals surface area contributed by atoms with Crippen molar-refractivity contribution in [1.29, 1.82) is 0 Å². The van der Waals surface area contributed by atoms with Crippen LogP contribution in [0.25, 0.3) is 0 Å². The minimum absolute atomic E-state index is 0.0912. The first-order valence-electron chi connectivity index (χ1n) is 21.3. The molecule has 0 radical (unpaired) electrons. The molecule has 5 heteroatoms. The minimum atomic E-state index is -0.763. The number of amides is 1. The molecule has 0 bridgehead atoms. The van der Waals surface area contributed by atoms with E-state index in [-0.39, 0.29) is 17.7 Å². The Morgan fingerprint density at radius 2 is 0.872 bits per heavy atom. The van der Waals surface area contributed by atoms with E-state index in [1.165, 1.54) is 167 Å². The van der Waals surface area contributed by atoms with Crippen molar-refractivity contribution in [3.63, 3.8) is 0 Å². The van der Waals surface area contributed by atoms with Gasteiger partial charge in [-0.2, -0.15) is 0 Å². The van der Waals surface area contributed by atoms with E-state index in [1.54, 1.807) is 0 Å². The number of ketones is 1. The standard InChI is InChI=1S/C42H83N3O2/c1-5-7-9-11-13-15-17-19-21-23-25-27-29-31-33-35-40(46)42(43-37-38-45(42)4)39(3)44-41(47)36-34-32-30-28-26-24-22-20-18-16-14-12-10-8-6-2/h39,43H,5-38H2,1-4H3,(H,44,47). The lowest BCUT2D eigenvalue weighted by Gasteiger charge is -2.40. The van der Waals surface area contributed by atoms with Crippen LogP contribution >= 0.6 is 0 Å². The fourth-order valence-electron chi connectivity index (χ4n) is 7.68. The van der Waals surface area contributed by atoms with Crippen molar-refractivity contribution in [1.82, 2.24) is 15.5 Å². The summed E-state index contributed by atoms with van der Waals surface area (Å²) in [5.41, 5.74) is -0.763. The quantitative estimate of drug-likeness (QED) is 0.0664. The largest absolute Gasteiger partial charge is 0.350 e. The molecule has 1 aliphatic heterocycles. The number of rotatable bonds is 35. The summed E-state index contributed by atoms with van der Waals surface area (Å²) < 4.78 is 0. The molecule has 1 heterocycles. The fraction of sp³-hybridized carbons (Fsp3) is 0.952. The molecule has 0 aromatic heterocycles. The molecule has 2 unspecified atom stereocenters. The number of nitrogens with one attached hydrogen (secondary N) is 2. The van der Waals surface area contributed by atoms with Crippen LogP contribution in [0.2, 0.25) is 0 Å². The van der Waals surface area contributed by atoms with Crippen LogP contribution in [0.5, 0.6) is 0 Å². The molecule has 1 aliphatic rings. The minimum Gasteiger partial charge on any atom is -0.350 e. The van der Waals surface area contributed by atoms with Gasteiger partial charge in [0.1, 0.15) is 0 Å². The molecular formula is C42H83N3O2. The van der Waals surface area contributed by atoms with Crippen molar-refractivity contribution < 1.29 is 9.59 Å². The molecule has 0 aromatic rings. The monoisotopic (exact) mass is 662 g/mol. The van der Waals surface area contributed by atoms with Gasteiger partial charge in [-0.05, 0) is 26.8 Å². The summed E-state index contributed by atoms with van der Waals surface area (Å²) in [7, 11) is 2.03. The lowest BCUT2D eigenvalue weighted by atomic mass is 9.91. The average Bonchev–Trinajstić information content (AvgIpc) is 3.46. The van der Waals surface area contributed by atoms with E-state index < -0.39 is 5.66 Å². The molecule has 5 nitrogen and oxygen atoms in total. The van der Waals surface area contributed by atoms with E-state index >= 15 is 0 Å². The van der Waals surface area contributed by atoms with E-state index in [0.717, 1.165) is 38.8 Å². The van der Waals surface area contributed by atoms with Gasteiger partial charge in [-0.3, -0.25) is 19.8 Å². The second-order valence-electron chi connectivity index (χ2n) is 15.2. The highest BCUT2D eigenvalue weighted by Crippen LogP contribution is 2.25. The molecule has 278 valence electrons. The predicted octanol–water partition coefficient (Wildman–Crippen LogP) is 11.8. The Morgan fingerprint density at radius 1 is 0.553 bits per heavy atom. The van der Waals surface area contributed by atoms with Gasteiger partial charge in [0.15, 0.2) is 11.4 Å². The van der Waals surface area contributed by atoms with Crippen molar-refractivity contribution in [3.05, 3.63) is 0 Å². The summed E-state index contributed by atoms with van der Waals surface area (Å²) in [5, 5.41) is 6.72. The third-order valence-corrected chi connectivity index (χ3v) is 10.9. The van der Waals surface area contributed by atoms with Gasteiger partial charge >= 0.3 is 0 Å². The molecule has 2 N–H and O–H groups in total. The number of hydrogen-bond donors (Lipinski definition) is 2. The highest BCUT2D eigenvalue weighted by Gasteiger charge is 2.49. The average molecular weight is 662 g/mol. The van der Waals surface area contributed by atoms with Gasteiger partial charge < -0.3 is 5.32 Å². The van der Waals surface area contributed by atoms with Crippen LogP contribution in [-0.2, 0) is 9.59 Å². The third-order valence-electron chi connectivity index (χ3n) is 10.9. The molecule has 1 saturated heterocycles. The van der Waals surface area contributed by atoms with Crippen molar-refractivity contribution in [2.75, 3.05) is 20.1 Å². The van der Waals surface area contributed by atoms with Crippen LogP contribution in [0.15, 0.2) is 0 Å². The number of carbonyl (C=O) groups is 2. The Bertz CT molecular complexity index is 729. The lowest BCUT2D eigenvalue weighted by Crippen LogP contribution is -2.67. The summed E-state index contributed by atoms with van der Waals surface area (Å²) in [6.07, 6.45) is 41.0. The maximum Gasteiger partial charge on any atom is 0.220 e. The van der Waals surface area contributed by atoms with E-state index in [4.69, 9.17) is 0 Å². The molecule has 1 rings (SSSR count). The zero-order chi connectivity index (χ0) is 34.3. The summed E-state index contributed by atoms with van der Waals surface area (Å²) in [6.45, 7) is 8.22. The van der Waals surface area contributed by atoms with Crippen LogP contribution in [-0.4, -0.2) is 48.4 Å². The normalized spacial score (nSPS) is 17.4. The first kappa shape index (κ1) is 44.1. The molecule has 0 saturated carbocycles. The van der Waals surface area contributed by atoms with Gasteiger partial charge in [0.05, 0.1) is 6.04 Å². The first-order valence-corrected chi connectivity index (χ1v) is 21.3. The van der Waals surface area contributed by atoms with Crippen molar-refractivity contribution >= 4 is 11.7 Å². The van der Waals surface area contributed by atoms with Crippen LogP contribution < -0.4 is 10.6 Å². The van der Waals surface area contributed by atoms with Gasteiger partial charge in [0.25, 0.3) is 0 Å². The maximum absolute atomic E-state index is 13.6. The molecular weight excluding hydrogens is 578 g/mol. The van der Waals surface area contributed by atoms with Crippen molar-refractivity contribution in [3.8, 4) is 0 Å². The Balaban J connectivity index is 2.10. The van der Waals surface area contributed by atoms with Gasteiger partial charge in [0, 0.05) is 25.9 Å². The number of Topliss-reactive ketones (excluding diaryl/α,β-unsaturated/α-hetero) is 1.